The Morgan fingerprint density at radius 1 is 1.20 bits per heavy atom. The molecule has 1 saturated carbocycles. The molecule has 0 aliphatic heterocycles. The van der Waals surface area contributed by atoms with Gasteiger partial charge in [0.1, 0.15) is 0 Å². The third-order valence-corrected chi connectivity index (χ3v) is 4.73. The smallest absolute Gasteiger partial charge is 0.324 e. The standard InChI is InChI=1S/C15H19BrF3N/c16-13-7-6-11(9-12(13)15(17,18)19)14(20)8-10-4-2-1-3-5-10/h6-7,9-10,14H,1-5,8,20H2. The second-order valence-electron chi connectivity index (χ2n) is 5.58. The molecule has 0 saturated heterocycles. The van der Waals surface area contributed by atoms with Crippen LogP contribution in [0.1, 0.15) is 55.7 Å². The topological polar surface area (TPSA) is 26.0 Å². The summed E-state index contributed by atoms with van der Waals surface area (Å²) in [6.45, 7) is 0. The minimum absolute atomic E-state index is 0.0682. The van der Waals surface area contributed by atoms with Crippen molar-refractivity contribution in [3.05, 3.63) is 33.8 Å². The molecule has 0 spiro atoms. The lowest BCUT2D eigenvalue weighted by molar-refractivity contribution is -0.138. The Kier molecular flexibility index (Phi) is 5.13. The van der Waals surface area contributed by atoms with Crippen molar-refractivity contribution in [2.75, 3.05) is 0 Å². The van der Waals surface area contributed by atoms with Crippen molar-refractivity contribution in [1.29, 1.82) is 0 Å². The van der Waals surface area contributed by atoms with Gasteiger partial charge in [0.25, 0.3) is 0 Å². The van der Waals surface area contributed by atoms with E-state index in [0.29, 0.717) is 11.5 Å². The van der Waals surface area contributed by atoms with E-state index in [1.54, 1.807) is 6.07 Å². The Labute approximate surface area is 125 Å². The summed E-state index contributed by atoms with van der Waals surface area (Å²) < 4.78 is 38.7. The van der Waals surface area contributed by atoms with E-state index in [2.05, 4.69) is 15.9 Å². The molecule has 1 aliphatic rings. The van der Waals surface area contributed by atoms with Crippen molar-refractivity contribution in [2.24, 2.45) is 11.7 Å². The molecule has 112 valence electrons. The van der Waals surface area contributed by atoms with E-state index in [4.69, 9.17) is 5.73 Å². The van der Waals surface area contributed by atoms with Gasteiger partial charge in [-0.1, -0.05) is 54.1 Å². The minimum Gasteiger partial charge on any atom is -0.324 e. The predicted molar refractivity (Wildman–Crippen MR) is 77.3 cm³/mol. The fourth-order valence-electron chi connectivity index (χ4n) is 2.91. The molecule has 2 N–H and O–H groups in total. The molecule has 0 amide bonds. The van der Waals surface area contributed by atoms with Crippen molar-refractivity contribution in [3.8, 4) is 0 Å². The summed E-state index contributed by atoms with van der Waals surface area (Å²) in [5, 5.41) is 0. The van der Waals surface area contributed by atoms with E-state index in [-0.39, 0.29) is 10.5 Å². The van der Waals surface area contributed by atoms with Gasteiger partial charge in [-0.3, -0.25) is 0 Å². The SMILES string of the molecule is NC(CC1CCCCC1)c1ccc(Br)c(C(F)(F)F)c1. The maximum atomic E-state index is 12.9. The van der Waals surface area contributed by atoms with Crippen LogP contribution in [-0.4, -0.2) is 0 Å². The van der Waals surface area contributed by atoms with Crippen molar-refractivity contribution >= 4 is 15.9 Å². The number of benzene rings is 1. The lowest BCUT2D eigenvalue weighted by Crippen LogP contribution is -2.18. The Morgan fingerprint density at radius 3 is 2.45 bits per heavy atom. The summed E-state index contributed by atoms with van der Waals surface area (Å²) >= 11 is 2.95. The first-order chi connectivity index (χ1) is 9.38. The van der Waals surface area contributed by atoms with Gasteiger partial charge < -0.3 is 5.73 Å². The summed E-state index contributed by atoms with van der Waals surface area (Å²) in [4.78, 5) is 0. The zero-order chi connectivity index (χ0) is 14.8. The number of nitrogens with two attached hydrogens (primary N) is 1. The number of hydrogen-bond donors (Lipinski definition) is 1. The molecule has 1 aromatic carbocycles. The fourth-order valence-corrected chi connectivity index (χ4v) is 3.38. The zero-order valence-corrected chi connectivity index (χ0v) is 12.8. The van der Waals surface area contributed by atoms with Gasteiger partial charge in [0.15, 0.2) is 0 Å². The Balaban J connectivity index is 2.11. The maximum absolute atomic E-state index is 12.9. The first-order valence-electron chi connectivity index (χ1n) is 7.00. The molecule has 5 heteroatoms. The summed E-state index contributed by atoms with van der Waals surface area (Å²) in [6, 6.07) is 4.00. The monoisotopic (exact) mass is 349 g/mol. The quantitative estimate of drug-likeness (QED) is 0.772. The molecular formula is C15H19BrF3N. The molecule has 0 aromatic heterocycles. The summed E-state index contributed by atoms with van der Waals surface area (Å²) in [7, 11) is 0. The molecule has 0 radical (unpaired) electrons. The number of alkyl halides is 3. The van der Waals surface area contributed by atoms with E-state index >= 15 is 0 Å². The van der Waals surface area contributed by atoms with E-state index in [1.165, 1.54) is 31.4 Å². The largest absolute Gasteiger partial charge is 0.417 e. The fraction of sp³-hybridized carbons (Fsp3) is 0.600. The summed E-state index contributed by atoms with van der Waals surface area (Å²) in [6.07, 6.45) is 2.42. The van der Waals surface area contributed by atoms with Crippen LogP contribution in [0.4, 0.5) is 13.2 Å². The lowest BCUT2D eigenvalue weighted by atomic mass is 9.83. The molecule has 1 fully saturated rings. The summed E-state index contributed by atoms with van der Waals surface area (Å²) in [5.41, 5.74) is 6.04. The molecular weight excluding hydrogens is 331 g/mol. The second-order valence-corrected chi connectivity index (χ2v) is 6.44. The normalized spacial score (nSPS) is 19.1. The van der Waals surface area contributed by atoms with Crippen LogP contribution in [0, 0.1) is 5.92 Å². The van der Waals surface area contributed by atoms with Gasteiger partial charge in [-0.25, -0.2) is 0 Å². The van der Waals surface area contributed by atoms with Crippen LogP contribution in [0.2, 0.25) is 0 Å². The van der Waals surface area contributed by atoms with Crippen LogP contribution in [0.25, 0.3) is 0 Å². The van der Waals surface area contributed by atoms with Crippen LogP contribution in [-0.2, 0) is 6.18 Å². The van der Waals surface area contributed by atoms with Crippen LogP contribution in [0.3, 0.4) is 0 Å². The average Bonchev–Trinajstić information content (AvgIpc) is 2.39. The van der Waals surface area contributed by atoms with E-state index in [9.17, 15) is 13.2 Å². The number of halogens is 4. The van der Waals surface area contributed by atoms with Gasteiger partial charge in [0.05, 0.1) is 5.56 Å². The second kappa shape index (κ2) is 6.48. The molecule has 1 aromatic rings. The van der Waals surface area contributed by atoms with Crippen molar-refractivity contribution in [1.82, 2.24) is 0 Å². The minimum atomic E-state index is -4.35. The highest BCUT2D eigenvalue weighted by Crippen LogP contribution is 2.37. The van der Waals surface area contributed by atoms with Crippen LogP contribution in [0.15, 0.2) is 22.7 Å². The molecule has 1 atom stereocenters. The molecule has 1 nitrogen and oxygen atoms in total. The highest BCUT2D eigenvalue weighted by Gasteiger charge is 2.33. The number of rotatable bonds is 3. The van der Waals surface area contributed by atoms with Gasteiger partial charge in [-0.2, -0.15) is 13.2 Å². The summed E-state index contributed by atoms with van der Waals surface area (Å²) in [5.74, 6) is 0.553. The lowest BCUT2D eigenvalue weighted by Gasteiger charge is -2.25. The van der Waals surface area contributed by atoms with Gasteiger partial charge in [-0.15, -0.1) is 0 Å². The van der Waals surface area contributed by atoms with Gasteiger partial charge >= 0.3 is 6.18 Å². The Bertz CT molecular complexity index is 453. The third-order valence-electron chi connectivity index (χ3n) is 4.04. The average molecular weight is 350 g/mol. The van der Waals surface area contributed by atoms with Gasteiger partial charge in [0, 0.05) is 10.5 Å². The first-order valence-corrected chi connectivity index (χ1v) is 7.79. The van der Waals surface area contributed by atoms with Crippen molar-refractivity contribution < 1.29 is 13.2 Å². The van der Waals surface area contributed by atoms with Gasteiger partial charge in [0.2, 0.25) is 0 Å². The molecule has 20 heavy (non-hydrogen) atoms. The van der Waals surface area contributed by atoms with Crippen LogP contribution >= 0.6 is 15.9 Å². The van der Waals surface area contributed by atoms with Gasteiger partial charge in [-0.05, 0) is 30.0 Å². The van der Waals surface area contributed by atoms with E-state index in [1.807, 2.05) is 0 Å². The highest BCUT2D eigenvalue weighted by atomic mass is 79.9. The molecule has 0 heterocycles. The van der Waals surface area contributed by atoms with E-state index < -0.39 is 11.7 Å². The first kappa shape index (κ1) is 15.8. The van der Waals surface area contributed by atoms with Crippen molar-refractivity contribution in [3.63, 3.8) is 0 Å². The maximum Gasteiger partial charge on any atom is 0.417 e. The zero-order valence-electron chi connectivity index (χ0n) is 11.2. The third kappa shape index (κ3) is 3.98. The molecule has 1 unspecified atom stereocenters. The molecule has 0 bridgehead atoms. The Hall–Kier alpha value is -0.550. The molecule has 2 rings (SSSR count). The highest BCUT2D eigenvalue weighted by molar-refractivity contribution is 9.10. The molecule has 1 aliphatic carbocycles. The van der Waals surface area contributed by atoms with E-state index in [0.717, 1.165) is 19.3 Å². The number of hydrogen-bond acceptors (Lipinski definition) is 1. The van der Waals surface area contributed by atoms with Crippen molar-refractivity contribution in [2.45, 2.75) is 50.7 Å². The Morgan fingerprint density at radius 2 is 1.85 bits per heavy atom. The van der Waals surface area contributed by atoms with Crippen LogP contribution < -0.4 is 5.73 Å². The predicted octanol–water partition coefficient (Wildman–Crippen LogP) is 5.44. The van der Waals surface area contributed by atoms with Crippen LogP contribution in [0.5, 0.6) is 0 Å².